The number of halogens is 1. The molecule has 8 heteroatoms. The fraction of sp³-hybridized carbons (Fsp3) is 0.179. The molecule has 0 saturated carbocycles. The van der Waals surface area contributed by atoms with E-state index >= 15 is 0 Å². The third kappa shape index (κ3) is 4.20. The molecule has 1 aliphatic rings. The number of carbonyl (C=O) groups excluding carboxylic acids is 1. The van der Waals surface area contributed by atoms with Crippen molar-refractivity contribution in [1.29, 1.82) is 0 Å². The van der Waals surface area contributed by atoms with E-state index in [1.807, 2.05) is 66.7 Å². The normalized spacial score (nSPS) is 15.6. The van der Waals surface area contributed by atoms with Crippen molar-refractivity contribution < 1.29 is 14.3 Å². The Labute approximate surface area is 220 Å². The molecule has 2 heterocycles. The zero-order valence-electron chi connectivity index (χ0n) is 19.9. The summed E-state index contributed by atoms with van der Waals surface area (Å²) in [6, 6.07) is 18.7. The van der Waals surface area contributed by atoms with Crippen LogP contribution in [0.3, 0.4) is 0 Å². The van der Waals surface area contributed by atoms with Crippen LogP contribution in [0.2, 0.25) is 0 Å². The van der Waals surface area contributed by atoms with E-state index in [0.717, 1.165) is 26.4 Å². The third-order valence-electron chi connectivity index (χ3n) is 6.09. The van der Waals surface area contributed by atoms with Crippen molar-refractivity contribution in [3.63, 3.8) is 0 Å². The summed E-state index contributed by atoms with van der Waals surface area (Å²) in [5.74, 6) is 0.0803. The number of allylic oxidation sites excluding steroid dienone is 1. The van der Waals surface area contributed by atoms with Gasteiger partial charge in [-0.1, -0.05) is 69.7 Å². The topological polar surface area (TPSA) is 69.9 Å². The molecular weight excluding hydrogens is 540 g/mol. The number of benzene rings is 3. The van der Waals surface area contributed by atoms with Crippen LogP contribution in [-0.2, 0) is 9.53 Å². The fourth-order valence-electron chi connectivity index (χ4n) is 4.55. The Kier molecular flexibility index (Phi) is 6.64. The van der Waals surface area contributed by atoms with Gasteiger partial charge in [0.2, 0.25) is 0 Å². The number of fused-ring (bicyclic) bond motifs is 2. The molecule has 1 aromatic heterocycles. The van der Waals surface area contributed by atoms with Gasteiger partial charge in [-0.15, -0.1) is 0 Å². The molecule has 0 bridgehead atoms. The van der Waals surface area contributed by atoms with Gasteiger partial charge in [0, 0.05) is 10.0 Å². The molecular formula is C28H23BrN2O4S. The second-order valence-corrected chi connectivity index (χ2v) is 10.2. The number of nitrogens with zero attached hydrogens (tertiary/aromatic N) is 2. The highest BCUT2D eigenvalue weighted by Crippen LogP contribution is 2.40. The summed E-state index contributed by atoms with van der Waals surface area (Å²) < 4.78 is 14.2. The quantitative estimate of drug-likeness (QED) is 0.330. The molecule has 3 aromatic carbocycles. The predicted molar refractivity (Wildman–Crippen MR) is 145 cm³/mol. The average Bonchev–Trinajstić information content (AvgIpc) is 3.16. The Hall–Kier alpha value is -3.49. The lowest BCUT2D eigenvalue weighted by Crippen LogP contribution is -2.40. The lowest BCUT2D eigenvalue weighted by Gasteiger charge is -2.27. The van der Waals surface area contributed by atoms with Gasteiger partial charge in [-0.25, -0.2) is 9.79 Å². The summed E-state index contributed by atoms with van der Waals surface area (Å²) in [5.41, 5.74) is 2.22. The van der Waals surface area contributed by atoms with E-state index in [1.54, 1.807) is 25.5 Å². The molecule has 5 rings (SSSR count). The fourth-order valence-corrected chi connectivity index (χ4v) is 6.01. The average molecular weight is 563 g/mol. The Balaban J connectivity index is 1.86. The van der Waals surface area contributed by atoms with Gasteiger partial charge in [0.25, 0.3) is 5.56 Å². The zero-order chi connectivity index (χ0) is 25.4. The summed E-state index contributed by atoms with van der Waals surface area (Å²) in [7, 11) is 1.59. The first-order chi connectivity index (χ1) is 17.4. The van der Waals surface area contributed by atoms with Crippen molar-refractivity contribution >= 4 is 50.1 Å². The van der Waals surface area contributed by atoms with Crippen LogP contribution in [0.4, 0.5) is 0 Å². The van der Waals surface area contributed by atoms with E-state index in [1.165, 1.54) is 11.3 Å². The van der Waals surface area contributed by atoms with Crippen molar-refractivity contribution in [2.24, 2.45) is 4.99 Å². The highest BCUT2D eigenvalue weighted by molar-refractivity contribution is 9.10. The standard InChI is InChI=1S/C28H23BrN2O4S/c1-4-35-27(33)23-16(2)30-28-31(26(32)22(36-28)15-17-8-7-10-19(29)14-17)25(23)24-20-11-6-5-9-18(20)12-13-21(24)34-3/h5-15,25H,4H2,1-3H3. The maximum atomic E-state index is 13.9. The SMILES string of the molecule is CCOC(=O)C1=C(C)N=c2sc(=Cc3cccc(Br)c3)c(=O)n2C1c1c(OC)ccc2ccccc12. The summed E-state index contributed by atoms with van der Waals surface area (Å²) in [4.78, 5) is 32.4. The van der Waals surface area contributed by atoms with Crippen LogP contribution >= 0.6 is 27.3 Å². The molecule has 1 aliphatic heterocycles. The number of esters is 1. The molecule has 0 spiro atoms. The molecule has 1 unspecified atom stereocenters. The van der Waals surface area contributed by atoms with Crippen LogP contribution in [0, 0.1) is 0 Å². The second-order valence-electron chi connectivity index (χ2n) is 8.26. The number of hydrogen-bond donors (Lipinski definition) is 0. The number of ether oxygens (including phenoxy) is 2. The molecule has 0 radical (unpaired) electrons. The minimum atomic E-state index is -0.758. The summed E-state index contributed by atoms with van der Waals surface area (Å²) >= 11 is 4.78. The van der Waals surface area contributed by atoms with Crippen molar-refractivity contribution in [2.45, 2.75) is 19.9 Å². The van der Waals surface area contributed by atoms with E-state index in [2.05, 4.69) is 20.9 Å². The predicted octanol–water partition coefficient (Wildman–Crippen LogP) is 4.72. The van der Waals surface area contributed by atoms with E-state index in [0.29, 0.717) is 26.4 Å². The number of hydrogen-bond acceptors (Lipinski definition) is 6. The van der Waals surface area contributed by atoms with Crippen molar-refractivity contribution in [1.82, 2.24) is 4.57 Å². The molecule has 0 aliphatic carbocycles. The smallest absolute Gasteiger partial charge is 0.338 e. The highest BCUT2D eigenvalue weighted by atomic mass is 79.9. The van der Waals surface area contributed by atoms with Gasteiger partial charge in [0.05, 0.1) is 29.5 Å². The maximum Gasteiger partial charge on any atom is 0.338 e. The maximum absolute atomic E-state index is 13.9. The van der Waals surface area contributed by atoms with E-state index in [-0.39, 0.29) is 12.2 Å². The van der Waals surface area contributed by atoms with Crippen LogP contribution in [-0.4, -0.2) is 24.3 Å². The number of rotatable bonds is 5. The van der Waals surface area contributed by atoms with Crippen molar-refractivity contribution in [3.05, 3.63) is 107 Å². The van der Waals surface area contributed by atoms with Crippen LogP contribution in [0.5, 0.6) is 5.75 Å². The molecule has 0 amide bonds. The molecule has 4 aromatic rings. The van der Waals surface area contributed by atoms with Gasteiger partial charge in [-0.2, -0.15) is 0 Å². The number of aromatic nitrogens is 1. The molecule has 0 fully saturated rings. The van der Waals surface area contributed by atoms with Crippen molar-refractivity contribution in [3.8, 4) is 5.75 Å². The number of carbonyl (C=O) groups is 1. The van der Waals surface area contributed by atoms with Gasteiger partial charge < -0.3 is 9.47 Å². The Morgan fingerprint density at radius 2 is 1.97 bits per heavy atom. The second kappa shape index (κ2) is 9.87. The molecule has 6 nitrogen and oxygen atoms in total. The first-order valence-electron chi connectivity index (χ1n) is 11.4. The van der Waals surface area contributed by atoms with Gasteiger partial charge in [0.15, 0.2) is 4.80 Å². The van der Waals surface area contributed by atoms with Gasteiger partial charge >= 0.3 is 5.97 Å². The lowest BCUT2D eigenvalue weighted by atomic mass is 9.90. The lowest BCUT2D eigenvalue weighted by molar-refractivity contribution is -0.139. The van der Waals surface area contributed by atoms with E-state index < -0.39 is 12.0 Å². The number of methoxy groups -OCH3 is 1. The van der Waals surface area contributed by atoms with Crippen molar-refractivity contribution in [2.75, 3.05) is 13.7 Å². The monoisotopic (exact) mass is 562 g/mol. The number of thiazole rings is 1. The highest BCUT2D eigenvalue weighted by Gasteiger charge is 2.36. The Bertz CT molecular complexity index is 1720. The van der Waals surface area contributed by atoms with Gasteiger partial charge in [-0.05, 0) is 54.5 Å². The van der Waals surface area contributed by atoms with Gasteiger partial charge in [0.1, 0.15) is 11.8 Å². The minimum Gasteiger partial charge on any atom is -0.496 e. The summed E-state index contributed by atoms with van der Waals surface area (Å²) in [6.45, 7) is 3.75. The molecule has 36 heavy (non-hydrogen) atoms. The first-order valence-corrected chi connectivity index (χ1v) is 13.0. The minimum absolute atomic E-state index is 0.211. The Morgan fingerprint density at radius 1 is 1.17 bits per heavy atom. The summed E-state index contributed by atoms with van der Waals surface area (Å²) in [5, 5.41) is 1.86. The van der Waals surface area contributed by atoms with Crippen LogP contribution in [0.1, 0.15) is 31.0 Å². The summed E-state index contributed by atoms with van der Waals surface area (Å²) in [6.07, 6.45) is 1.84. The van der Waals surface area contributed by atoms with E-state index in [4.69, 9.17) is 9.47 Å². The van der Waals surface area contributed by atoms with E-state index in [9.17, 15) is 9.59 Å². The zero-order valence-corrected chi connectivity index (χ0v) is 22.4. The molecule has 0 N–H and O–H groups in total. The Morgan fingerprint density at radius 3 is 2.72 bits per heavy atom. The van der Waals surface area contributed by atoms with Gasteiger partial charge in [-0.3, -0.25) is 9.36 Å². The van der Waals surface area contributed by atoms with Crippen LogP contribution in [0.15, 0.2) is 86.2 Å². The van der Waals surface area contributed by atoms with Crippen LogP contribution in [0.25, 0.3) is 16.8 Å². The van der Waals surface area contributed by atoms with Crippen LogP contribution < -0.4 is 19.6 Å². The first kappa shape index (κ1) is 24.2. The molecule has 0 saturated heterocycles. The molecule has 1 atom stereocenters. The largest absolute Gasteiger partial charge is 0.496 e. The third-order valence-corrected chi connectivity index (χ3v) is 7.56. The molecule has 182 valence electrons.